The number of hydrogen-bond donors (Lipinski definition) is 6. The molecule has 0 radical (unpaired) electrons. The maximum Gasteiger partial charge on any atom is 0.264 e. The van der Waals surface area contributed by atoms with E-state index in [9.17, 15) is 33.4 Å². The number of benzene rings is 2. The number of aryl methyl sites for hydroxylation is 1. The summed E-state index contributed by atoms with van der Waals surface area (Å²) in [6.07, 6.45) is 4.11. The topological polar surface area (TPSA) is 190 Å². The monoisotopic (exact) mass is 897 g/mol. The van der Waals surface area contributed by atoms with E-state index in [2.05, 4.69) is 31.1 Å². The number of allylic oxidation sites excluding steroid dienone is 1. The predicted molar refractivity (Wildman–Crippen MR) is 244 cm³/mol. The van der Waals surface area contributed by atoms with Crippen molar-refractivity contribution in [2.75, 3.05) is 89.3 Å². The summed E-state index contributed by atoms with van der Waals surface area (Å²) in [6, 6.07) is 8.46. The van der Waals surface area contributed by atoms with Gasteiger partial charge in [-0.1, -0.05) is 12.1 Å². The van der Waals surface area contributed by atoms with Gasteiger partial charge in [-0.2, -0.15) is 0 Å². The highest BCUT2D eigenvalue weighted by atomic mass is 19.3. The Bertz CT molecular complexity index is 2260. The van der Waals surface area contributed by atoms with Gasteiger partial charge < -0.3 is 45.7 Å². The minimum atomic E-state index is -2.77. The number of ether oxygens (including phenoxy) is 1. The number of hydrogen-bond acceptors (Lipinski definition) is 12. The molecule has 4 amide bonds. The van der Waals surface area contributed by atoms with E-state index >= 15 is 0 Å². The van der Waals surface area contributed by atoms with Crippen LogP contribution >= 0.6 is 0 Å². The first kappa shape index (κ1) is 45.8. The Hall–Kier alpha value is -5.72. The van der Waals surface area contributed by atoms with Crippen molar-refractivity contribution in [1.29, 1.82) is 10.8 Å². The van der Waals surface area contributed by atoms with E-state index in [1.807, 2.05) is 23.1 Å². The highest BCUT2D eigenvalue weighted by Gasteiger charge is 2.40. The lowest BCUT2D eigenvalue weighted by molar-refractivity contribution is -0.137. The molecule has 16 nitrogen and oxygen atoms in total. The van der Waals surface area contributed by atoms with Crippen molar-refractivity contribution in [3.63, 3.8) is 0 Å². The number of rotatable bonds is 14. The number of imide groups is 1. The van der Waals surface area contributed by atoms with Gasteiger partial charge in [0.25, 0.3) is 12.3 Å². The summed E-state index contributed by atoms with van der Waals surface area (Å²) in [5.41, 5.74) is 5.71. The number of fused-ring (bicyclic) bond motifs is 2. The van der Waals surface area contributed by atoms with Gasteiger partial charge in [-0.05, 0) is 67.0 Å². The summed E-state index contributed by atoms with van der Waals surface area (Å²) in [5, 5.41) is 29.9. The number of amidine groups is 1. The summed E-state index contributed by atoms with van der Waals surface area (Å²) < 4.78 is 35.3. The molecular formula is C47H61F2N11O5. The minimum Gasteiger partial charge on any atom is -0.393 e. The van der Waals surface area contributed by atoms with E-state index in [4.69, 9.17) is 10.1 Å². The van der Waals surface area contributed by atoms with Gasteiger partial charge in [-0.3, -0.25) is 34.8 Å². The van der Waals surface area contributed by atoms with Crippen LogP contribution in [0.4, 0.5) is 20.2 Å². The quantitative estimate of drug-likeness (QED) is 0.0923. The molecule has 0 aliphatic carbocycles. The standard InChI is InChI=1S/C47H61F2N11O5/c1-29(61)58-16-12-38(37(28-58)45(51)59-13-4-6-30-21-35(32(23-50)24-52-2)36(44(48)49)22-41(30)59)54-33-10-14-56(15-11-33)17-18-57-19-20-65-34(27-57)25-53-39-7-3-5-31-26-60(47(64)43(31)39)40-8-9-42(62)55-46(40)63/h3,5,7,21-24,33-34,40,44,50-54H,4,6,8-20,25-28H2,1-2H3,(H,55,62,63)/b32-24+,50-23?,51-45?. The molecular weight excluding hydrogens is 837 g/mol. The van der Waals surface area contributed by atoms with Crippen LogP contribution in [0.15, 0.2) is 47.8 Å². The summed E-state index contributed by atoms with van der Waals surface area (Å²) in [4.78, 5) is 60.5. The Kier molecular flexibility index (Phi) is 14.2. The average molecular weight is 898 g/mol. The molecule has 348 valence electrons. The maximum absolute atomic E-state index is 14.6. The van der Waals surface area contributed by atoms with Crippen LogP contribution in [0.5, 0.6) is 0 Å². The lowest BCUT2D eigenvalue weighted by Gasteiger charge is -2.39. The molecule has 2 aromatic carbocycles. The van der Waals surface area contributed by atoms with Crippen LogP contribution in [-0.2, 0) is 32.1 Å². The summed E-state index contributed by atoms with van der Waals surface area (Å²) in [7, 11) is 1.67. The molecule has 0 saturated carbocycles. The molecule has 6 aliphatic heterocycles. The van der Waals surface area contributed by atoms with Crippen LogP contribution in [0.2, 0.25) is 0 Å². The summed E-state index contributed by atoms with van der Waals surface area (Å²) in [5.74, 6) is -0.788. The van der Waals surface area contributed by atoms with E-state index in [0.717, 1.165) is 87.3 Å². The fraction of sp³-hybridized carbons (Fsp3) is 0.532. The van der Waals surface area contributed by atoms with E-state index in [1.165, 1.54) is 13.0 Å². The first-order chi connectivity index (χ1) is 31.4. The average Bonchev–Trinajstić information content (AvgIpc) is 3.65. The lowest BCUT2D eigenvalue weighted by atomic mass is 9.91. The summed E-state index contributed by atoms with van der Waals surface area (Å²) in [6.45, 7) is 9.52. The molecule has 0 spiro atoms. The third-order valence-corrected chi connectivity index (χ3v) is 13.7. The predicted octanol–water partition coefficient (Wildman–Crippen LogP) is 3.70. The molecule has 2 unspecified atom stereocenters. The Morgan fingerprint density at radius 1 is 0.985 bits per heavy atom. The molecule has 0 bridgehead atoms. The van der Waals surface area contributed by atoms with Gasteiger partial charge in [0.05, 0.1) is 24.8 Å². The minimum absolute atomic E-state index is 0.0689. The third-order valence-electron chi connectivity index (χ3n) is 13.7. The van der Waals surface area contributed by atoms with E-state index in [-0.39, 0.29) is 54.2 Å². The van der Waals surface area contributed by atoms with E-state index in [1.54, 1.807) is 29.1 Å². The highest BCUT2D eigenvalue weighted by molar-refractivity contribution is 6.11. The number of amides is 4. The van der Waals surface area contributed by atoms with Crippen LogP contribution in [0.25, 0.3) is 5.57 Å². The zero-order valence-electron chi connectivity index (χ0n) is 37.3. The number of carbonyl (C=O) groups excluding carboxylic acids is 4. The number of likely N-dealkylation sites (tertiary alicyclic amines) is 1. The number of alkyl halides is 2. The fourth-order valence-corrected chi connectivity index (χ4v) is 10.2. The molecule has 65 heavy (non-hydrogen) atoms. The Labute approximate surface area is 378 Å². The molecule has 18 heteroatoms. The van der Waals surface area contributed by atoms with Crippen LogP contribution in [-0.4, -0.2) is 153 Å². The third kappa shape index (κ3) is 10.1. The van der Waals surface area contributed by atoms with E-state index < -0.39 is 18.4 Å². The van der Waals surface area contributed by atoms with Gasteiger partial charge in [-0.15, -0.1) is 0 Å². The number of piperidine rings is 2. The van der Waals surface area contributed by atoms with Gasteiger partial charge in [-0.25, -0.2) is 8.78 Å². The second-order valence-corrected chi connectivity index (χ2v) is 17.8. The second kappa shape index (κ2) is 20.2. The van der Waals surface area contributed by atoms with Crippen molar-refractivity contribution < 1.29 is 32.7 Å². The van der Waals surface area contributed by atoms with Crippen molar-refractivity contribution in [3.05, 3.63) is 75.6 Å². The smallest absolute Gasteiger partial charge is 0.264 e. The zero-order valence-corrected chi connectivity index (χ0v) is 37.3. The number of nitrogens with zero attached hydrogens (tertiary/aromatic N) is 5. The van der Waals surface area contributed by atoms with Crippen molar-refractivity contribution in [1.82, 2.24) is 35.6 Å². The van der Waals surface area contributed by atoms with Gasteiger partial charge in [0, 0.05) is 144 Å². The second-order valence-electron chi connectivity index (χ2n) is 17.8. The van der Waals surface area contributed by atoms with E-state index in [0.29, 0.717) is 80.0 Å². The van der Waals surface area contributed by atoms with Crippen molar-refractivity contribution in [3.8, 4) is 0 Å². The Morgan fingerprint density at radius 2 is 1.78 bits per heavy atom. The molecule has 6 heterocycles. The summed E-state index contributed by atoms with van der Waals surface area (Å²) >= 11 is 0. The number of carbonyl (C=O) groups is 4. The molecule has 0 aromatic heterocycles. The largest absolute Gasteiger partial charge is 0.393 e. The Balaban J connectivity index is 0.853. The molecule has 6 N–H and O–H groups in total. The first-order valence-electron chi connectivity index (χ1n) is 22.9. The highest BCUT2D eigenvalue weighted by Crippen LogP contribution is 2.38. The molecule has 6 aliphatic rings. The number of morpholine rings is 1. The molecule has 8 rings (SSSR count). The lowest BCUT2D eigenvalue weighted by Crippen LogP contribution is -2.52. The fourth-order valence-electron chi connectivity index (χ4n) is 10.2. The number of halogens is 2. The zero-order chi connectivity index (χ0) is 45.8. The first-order valence-corrected chi connectivity index (χ1v) is 22.9. The molecule has 2 atom stereocenters. The normalized spacial score (nSPS) is 22.5. The molecule has 3 fully saturated rings. The van der Waals surface area contributed by atoms with Gasteiger partial charge in [0.2, 0.25) is 17.7 Å². The SMILES string of the molecule is CN/C=C(\C=N)c1cc2c(cc1C(F)F)N(C(=N)C1=C(NC3CCN(CCN4CCOC(CNc5cccc6c5C(=O)N(C5CCC(=O)NC5=O)C6)C4)CC3)CCN(C(C)=O)C1)CCC2. The number of nitrogens with one attached hydrogen (secondary N) is 6. The van der Waals surface area contributed by atoms with Gasteiger partial charge >= 0.3 is 0 Å². The van der Waals surface area contributed by atoms with Gasteiger partial charge in [0.15, 0.2) is 0 Å². The Morgan fingerprint density at radius 3 is 2.52 bits per heavy atom. The van der Waals surface area contributed by atoms with Crippen LogP contribution in [0, 0.1) is 10.8 Å². The van der Waals surface area contributed by atoms with Crippen LogP contribution in [0.1, 0.15) is 84.5 Å². The number of anilines is 2. The van der Waals surface area contributed by atoms with Crippen molar-refractivity contribution in [2.45, 2.75) is 83.0 Å². The van der Waals surface area contributed by atoms with Crippen LogP contribution < -0.4 is 26.2 Å². The van der Waals surface area contributed by atoms with Crippen LogP contribution in [0.3, 0.4) is 0 Å². The van der Waals surface area contributed by atoms with Crippen molar-refractivity contribution in [2.24, 2.45) is 0 Å². The molecule has 2 aromatic rings. The maximum atomic E-state index is 14.6. The van der Waals surface area contributed by atoms with Gasteiger partial charge in [0.1, 0.15) is 11.9 Å². The molecule has 3 saturated heterocycles. The van der Waals surface area contributed by atoms with Crippen molar-refractivity contribution >= 4 is 52.6 Å².